The van der Waals surface area contributed by atoms with Crippen molar-refractivity contribution in [2.24, 2.45) is 4.99 Å². The lowest BCUT2D eigenvalue weighted by molar-refractivity contribution is -0.116. The van der Waals surface area contributed by atoms with E-state index >= 15 is 0 Å². The summed E-state index contributed by atoms with van der Waals surface area (Å²) in [6.45, 7) is 1.39. The predicted octanol–water partition coefficient (Wildman–Crippen LogP) is 4.91. The number of anilines is 1. The highest BCUT2D eigenvalue weighted by atomic mass is 35.5. The summed E-state index contributed by atoms with van der Waals surface area (Å²) >= 11 is 6.01. The summed E-state index contributed by atoms with van der Waals surface area (Å²) in [6.07, 6.45) is 5.04. The third-order valence-electron chi connectivity index (χ3n) is 5.78. The van der Waals surface area contributed by atoms with Crippen molar-refractivity contribution in [2.45, 2.75) is 51.1 Å². The van der Waals surface area contributed by atoms with Crippen molar-refractivity contribution in [1.29, 1.82) is 0 Å². The Labute approximate surface area is 180 Å². The lowest BCUT2D eigenvalue weighted by Gasteiger charge is -2.34. The number of fused-ring (bicyclic) bond motifs is 1. The number of rotatable bonds is 3. The van der Waals surface area contributed by atoms with Gasteiger partial charge in [-0.25, -0.2) is 0 Å². The normalized spacial score (nSPS) is 20.9. The average molecular weight is 423 g/mol. The molecule has 2 aromatic carbocycles. The van der Waals surface area contributed by atoms with Gasteiger partial charge in [0.15, 0.2) is 5.78 Å². The third kappa shape index (κ3) is 3.82. The topological polar surface area (TPSA) is 66.8 Å². The summed E-state index contributed by atoms with van der Waals surface area (Å²) in [4.78, 5) is 45.8. The summed E-state index contributed by atoms with van der Waals surface area (Å²) in [5, 5.41) is 0.523. The average Bonchev–Trinajstić information content (AvgIpc) is 2.76. The molecule has 6 heteroatoms. The Morgan fingerprint density at radius 2 is 1.60 bits per heavy atom. The number of aliphatic imine (C=N–C) groups is 1. The van der Waals surface area contributed by atoms with E-state index in [1.54, 1.807) is 48.5 Å². The molecule has 0 aromatic heterocycles. The SMILES string of the molecule is CC(=O)N(c1ccc(Cl)cc1)[C@@H]1C(=O)c2ccccc2C(=O)C1=NC1CCCCC1. The van der Waals surface area contributed by atoms with Crippen LogP contribution in [-0.4, -0.2) is 35.3 Å². The van der Waals surface area contributed by atoms with Crippen LogP contribution in [0.15, 0.2) is 53.5 Å². The van der Waals surface area contributed by atoms with E-state index in [1.165, 1.54) is 11.8 Å². The zero-order chi connectivity index (χ0) is 21.3. The first-order valence-corrected chi connectivity index (χ1v) is 10.7. The standard InChI is InChI=1S/C24H23ClN2O3/c1-15(28)27(18-13-11-16(25)12-14-18)22-21(26-17-7-3-2-4-8-17)23(29)19-9-5-6-10-20(19)24(22)30/h5-6,9-14,17,22H,2-4,7-8H2,1H3/t22-/m0/s1. The van der Waals surface area contributed by atoms with Crippen molar-refractivity contribution >= 4 is 40.5 Å². The number of nitrogens with zero attached hydrogens (tertiary/aromatic N) is 2. The predicted molar refractivity (Wildman–Crippen MR) is 118 cm³/mol. The Kier molecular flexibility index (Phi) is 5.82. The number of Topliss-reactive ketones (excluding diaryl/α,β-unsaturated/α-hetero) is 2. The molecule has 154 valence electrons. The molecule has 1 amide bonds. The molecule has 1 fully saturated rings. The van der Waals surface area contributed by atoms with Crippen molar-refractivity contribution < 1.29 is 14.4 Å². The highest BCUT2D eigenvalue weighted by Crippen LogP contribution is 2.30. The Balaban J connectivity index is 1.87. The van der Waals surface area contributed by atoms with Crippen LogP contribution >= 0.6 is 11.6 Å². The van der Waals surface area contributed by atoms with Gasteiger partial charge in [-0.3, -0.25) is 24.3 Å². The molecule has 0 heterocycles. The van der Waals surface area contributed by atoms with Crippen LogP contribution in [0.5, 0.6) is 0 Å². The van der Waals surface area contributed by atoms with Crippen LogP contribution in [0.3, 0.4) is 0 Å². The Hall–Kier alpha value is -2.79. The molecule has 0 unspecified atom stereocenters. The number of ketones is 2. The molecule has 0 spiro atoms. The van der Waals surface area contributed by atoms with Crippen LogP contribution in [0, 0.1) is 0 Å². The molecule has 2 aliphatic carbocycles. The number of halogens is 1. The van der Waals surface area contributed by atoms with Gasteiger partial charge in [0.25, 0.3) is 0 Å². The highest BCUT2D eigenvalue weighted by molar-refractivity contribution is 6.56. The van der Waals surface area contributed by atoms with Crippen LogP contribution in [-0.2, 0) is 4.79 Å². The minimum absolute atomic E-state index is 0.00251. The van der Waals surface area contributed by atoms with Gasteiger partial charge in [0.2, 0.25) is 11.7 Å². The molecule has 4 rings (SSSR count). The fourth-order valence-electron chi connectivity index (χ4n) is 4.32. The second kappa shape index (κ2) is 8.52. The maximum absolute atomic E-state index is 13.5. The summed E-state index contributed by atoms with van der Waals surface area (Å²) < 4.78 is 0. The summed E-state index contributed by atoms with van der Waals surface area (Å²) in [7, 11) is 0. The molecular formula is C24H23ClN2O3. The first-order valence-electron chi connectivity index (χ1n) is 10.3. The van der Waals surface area contributed by atoms with Gasteiger partial charge in [-0.1, -0.05) is 55.1 Å². The highest BCUT2D eigenvalue weighted by Gasteiger charge is 2.43. The summed E-state index contributed by atoms with van der Waals surface area (Å²) in [5.41, 5.74) is 1.35. The van der Waals surface area contributed by atoms with Gasteiger partial charge in [0.1, 0.15) is 11.8 Å². The fourth-order valence-corrected chi connectivity index (χ4v) is 4.45. The van der Waals surface area contributed by atoms with E-state index < -0.39 is 6.04 Å². The van der Waals surface area contributed by atoms with Gasteiger partial charge in [0, 0.05) is 28.8 Å². The largest absolute Gasteiger partial charge is 0.296 e. The maximum Gasteiger partial charge on any atom is 0.224 e. The quantitative estimate of drug-likeness (QED) is 0.705. The second-order valence-electron chi connectivity index (χ2n) is 7.81. The van der Waals surface area contributed by atoms with E-state index in [4.69, 9.17) is 16.6 Å². The molecule has 0 aliphatic heterocycles. The molecule has 0 radical (unpaired) electrons. The van der Waals surface area contributed by atoms with Crippen LogP contribution in [0.25, 0.3) is 0 Å². The van der Waals surface area contributed by atoms with Crippen LogP contribution in [0.1, 0.15) is 59.7 Å². The number of carbonyl (C=O) groups is 3. The minimum Gasteiger partial charge on any atom is -0.296 e. The lowest BCUT2D eigenvalue weighted by atomic mass is 9.83. The molecule has 1 saturated carbocycles. The summed E-state index contributed by atoms with van der Waals surface area (Å²) in [5.74, 6) is -0.898. The monoisotopic (exact) mass is 422 g/mol. The Morgan fingerprint density at radius 3 is 2.23 bits per heavy atom. The van der Waals surface area contributed by atoms with Crippen LogP contribution in [0.4, 0.5) is 5.69 Å². The Morgan fingerprint density at radius 1 is 0.967 bits per heavy atom. The minimum atomic E-state index is -1.08. The van der Waals surface area contributed by atoms with Crippen LogP contribution in [0.2, 0.25) is 5.02 Å². The molecule has 1 atom stereocenters. The van der Waals surface area contributed by atoms with E-state index in [2.05, 4.69) is 0 Å². The van der Waals surface area contributed by atoms with Crippen molar-refractivity contribution in [2.75, 3.05) is 4.90 Å². The molecule has 2 aromatic rings. The van der Waals surface area contributed by atoms with Gasteiger partial charge in [-0.05, 0) is 37.1 Å². The van der Waals surface area contributed by atoms with E-state index in [9.17, 15) is 14.4 Å². The van der Waals surface area contributed by atoms with Crippen LogP contribution < -0.4 is 4.90 Å². The number of hydrogen-bond acceptors (Lipinski definition) is 4. The molecule has 0 saturated heterocycles. The smallest absolute Gasteiger partial charge is 0.224 e. The van der Waals surface area contributed by atoms with E-state index in [0.717, 1.165) is 32.1 Å². The lowest BCUT2D eigenvalue weighted by Crippen LogP contribution is -2.55. The number of amides is 1. The molecule has 2 aliphatic rings. The van der Waals surface area contributed by atoms with Gasteiger partial charge < -0.3 is 0 Å². The van der Waals surface area contributed by atoms with Crippen molar-refractivity contribution in [1.82, 2.24) is 0 Å². The first kappa shape index (κ1) is 20.5. The number of benzene rings is 2. The number of hydrogen-bond donors (Lipinski definition) is 0. The van der Waals surface area contributed by atoms with Crippen molar-refractivity contribution in [3.05, 3.63) is 64.7 Å². The molecule has 5 nitrogen and oxygen atoms in total. The van der Waals surface area contributed by atoms with Crippen molar-refractivity contribution in [3.8, 4) is 0 Å². The van der Waals surface area contributed by atoms with E-state index in [-0.39, 0.29) is 29.2 Å². The Bertz CT molecular complexity index is 1020. The second-order valence-corrected chi connectivity index (χ2v) is 8.25. The van der Waals surface area contributed by atoms with Gasteiger partial charge in [-0.15, -0.1) is 0 Å². The van der Waals surface area contributed by atoms with Gasteiger partial charge >= 0.3 is 0 Å². The van der Waals surface area contributed by atoms with Crippen molar-refractivity contribution in [3.63, 3.8) is 0 Å². The van der Waals surface area contributed by atoms with Gasteiger partial charge in [-0.2, -0.15) is 0 Å². The molecule has 30 heavy (non-hydrogen) atoms. The van der Waals surface area contributed by atoms with E-state index in [1.807, 2.05) is 0 Å². The maximum atomic E-state index is 13.5. The number of carbonyl (C=O) groups excluding carboxylic acids is 3. The molecular weight excluding hydrogens is 400 g/mol. The zero-order valence-electron chi connectivity index (χ0n) is 16.8. The summed E-state index contributed by atoms with van der Waals surface area (Å²) in [6, 6.07) is 12.4. The molecule has 0 bridgehead atoms. The third-order valence-corrected chi connectivity index (χ3v) is 6.03. The fraction of sp³-hybridized carbons (Fsp3) is 0.333. The molecule has 0 N–H and O–H groups in total. The zero-order valence-corrected chi connectivity index (χ0v) is 17.6. The van der Waals surface area contributed by atoms with Gasteiger partial charge in [0.05, 0.1) is 6.04 Å². The van der Waals surface area contributed by atoms with E-state index in [0.29, 0.717) is 21.8 Å². The first-order chi connectivity index (χ1) is 14.5.